The molecular formula is C34H77N7. The van der Waals surface area contributed by atoms with Gasteiger partial charge >= 0.3 is 0 Å². The van der Waals surface area contributed by atoms with E-state index in [9.17, 15) is 0 Å². The van der Waals surface area contributed by atoms with Crippen molar-refractivity contribution in [3.05, 3.63) is 0 Å². The second-order valence-electron chi connectivity index (χ2n) is 13.5. The molecule has 0 aliphatic rings. The van der Waals surface area contributed by atoms with Crippen LogP contribution in [0, 0.1) is 0 Å². The molecule has 0 aliphatic carbocycles. The summed E-state index contributed by atoms with van der Waals surface area (Å²) in [5, 5.41) is 7.50. The summed E-state index contributed by atoms with van der Waals surface area (Å²) in [4.78, 5) is 2.67. The lowest BCUT2D eigenvalue weighted by atomic mass is 10.0. The van der Waals surface area contributed by atoms with Gasteiger partial charge in [0.1, 0.15) is 0 Å². The molecule has 0 amide bonds. The van der Waals surface area contributed by atoms with Gasteiger partial charge in [0, 0.05) is 36.8 Å². The molecule has 248 valence electrons. The van der Waals surface area contributed by atoms with E-state index < -0.39 is 0 Å². The number of unbranched alkanes of at least 4 members (excludes halogenated alkanes) is 11. The topological polar surface area (TPSA) is 131 Å². The normalized spacial score (nSPS) is 15.7. The van der Waals surface area contributed by atoms with Crippen LogP contribution in [-0.4, -0.2) is 74.4 Å². The minimum absolute atomic E-state index is 0.270. The first-order chi connectivity index (χ1) is 19.7. The first-order valence-electron chi connectivity index (χ1n) is 17.9. The quantitative estimate of drug-likeness (QED) is 0.0565. The molecular weight excluding hydrogens is 506 g/mol. The summed E-state index contributed by atoms with van der Waals surface area (Å²) in [6.07, 6.45) is 24.1. The second kappa shape index (κ2) is 29.8. The van der Waals surface area contributed by atoms with Gasteiger partial charge < -0.3 is 38.5 Å². The molecule has 5 atom stereocenters. The Morgan fingerprint density at radius 3 is 1.39 bits per heavy atom. The number of nitrogens with one attached hydrogen (secondary N) is 2. The Morgan fingerprint density at radius 2 is 0.878 bits per heavy atom. The van der Waals surface area contributed by atoms with Gasteiger partial charge in [0.15, 0.2) is 0 Å². The number of nitrogens with two attached hydrogens (primary N) is 4. The average Bonchev–Trinajstić information content (AvgIpc) is 2.90. The number of hydrogen-bond acceptors (Lipinski definition) is 7. The standard InChI is InChI=1S/C34H77N7/c1-30(35)19-13-7-5-11-17-26-41(28-23-33(4)38)27-18-12-6-10-16-24-39-29-34(40-25-22-32(3)37)21-15-9-8-14-20-31(2)36/h30-34,39-40H,5-29,35-38H2,1-4H3. The zero-order valence-corrected chi connectivity index (χ0v) is 28.3. The molecule has 0 spiro atoms. The zero-order valence-electron chi connectivity index (χ0n) is 28.3. The highest BCUT2D eigenvalue weighted by Crippen LogP contribution is 2.11. The van der Waals surface area contributed by atoms with Crippen molar-refractivity contribution in [2.45, 2.75) is 180 Å². The van der Waals surface area contributed by atoms with Crippen LogP contribution in [0.25, 0.3) is 0 Å². The summed E-state index contributed by atoms with van der Waals surface area (Å²) in [5.74, 6) is 0. The third-order valence-electron chi connectivity index (χ3n) is 8.25. The van der Waals surface area contributed by atoms with Gasteiger partial charge in [0.25, 0.3) is 0 Å². The van der Waals surface area contributed by atoms with E-state index in [-0.39, 0.29) is 6.04 Å². The van der Waals surface area contributed by atoms with Crippen LogP contribution >= 0.6 is 0 Å². The van der Waals surface area contributed by atoms with Crippen LogP contribution in [0.1, 0.15) is 150 Å². The Balaban J connectivity index is 4.00. The maximum atomic E-state index is 6.06. The molecule has 5 unspecified atom stereocenters. The van der Waals surface area contributed by atoms with E-state index in [1.165, 1.54) is 116 Å². The summed E-state index contributed by atoms with van der Waals surface area (Å²) in [6, 6.07) is 1.82. The summed E-state index contributed by atoms with van der Waals surface area (Å²) in [5.41, 5.74) is 23.8. The third kappa shape index (κ3) is 32.5. The van der Waals surface area contributed by atoms with Crippen molar-refractivity contribution < 1.29 is 0 Å². The van der Waals surface area contributed by atoms with E-state index in [0.29, 0.717) is 24.2 Å². The zero-order chi connectivity index (χ0) is 30.6. The second-order valence-corrected chi connectivity index (χ2v) is 13.5. The molecule has 41 heavy (non-hydrogen) atoms. The monoisotopic (exact) mass is 584 g/mol. The van der Waals surface area contributed by atoms with E-state index in [1.807, 2.05) is 0 Å². The van der Waals surface area contributed by atoms with Gasteiger partial charge in [-0.15, -0.1) is 0 Å². The SMILES string of the molecule is CC(N)CCCCCCCN(CCCCCCCNCC(CCCCCCC(C)N)NCCC(C)N)CCC(C)N. The van der Waals surface area contributed by atoms with Crippen molar-refractivity contribution in [1.29, 1.82) is 0 Å². The molecule has 0 rings (SSSR count). The van der Waals surface area contributed by atoms with Crippen LogP contribution in [0.2, 0.25) is 0 Å². The molecule has 0 saturated heterocycles. The maximum absolute atomic E-state index is 6.06. The molecule has 0 aromatic carbocycles. The van der Waals surface area contributed by atoms with Crippen LogP contribution in [0.3, 0.4) is 0 Å². The Morgan fingerprint density at radius 1 is 0.439 bits per heavy atom. The fourth-order valence-corrected chi connectivity index (χ4v) is 5.45. The fraction of sp³-hybridized carbons (Fsp3) is 1.00. The van der Waals surface area contributed by atoms with Crippen LogP contribution in [-0.2, 0) is 0 Å². The van der Waals surface area contributed by atoms with Crippen LogP contribution < -0.4 is 33.6 Å². The van der Waals surface area contributed by atoms with Crippen LogP contribution in [0.15, 0.2) is 0 Å². The summed E-state index contributed by atoms with van der Waals surface area (Å²) in [6.45, 7) is 15.3. The molecule has 0 radical (unpaired) electrons. The van der Waals surface area contributed by atoms with E-state index in [4.69, 9.17) is 22.9 Å². The molecule has 0 saturated carbocycles. The van der Waals surface area contributed by atoms with Gasteiger partial charge in [0.05, 0.1) is 0 Å². The van der Waals surface area contributed by atoms with Gasteiger partial charge in [-0.2, -0.15) is 0 Å². The predicted octanol–water partition coefficient (Wildman–Crippen LogP) is 5.64. The Labute approximate surface area is 257 Å². The first kappa shape index (κ1) is 40.7. The molecule has 0 aromatic heterocycles. The first-order valence-corrected chi connectivity index (χ1v) is 17.9. The highest BCUT2D eigenvalue weighted by molar-refractivity contribution is 4.72. The maximum Gasteiger partial charge on any atom is 0.0192 e. The van der Waals surface area contributed by atoms with Gasteiger partial charge in [0.2, 0.25) is 0 Å². The van der Waals surface area contributed by atoms with Crippen molar-refractivity contribution in [1.82, 2.24) is 15.5 Å². The number of hydrogen-bond donors (Lipinski definition) is 6. The Bertz CT molecular complexity index is 513. The summed E-state index contributed by atoms with van der Waals surface area (Å²) >= 11 is 0. The lowest BCUT2D eigenvalue weighted by Crippen LogP contribution is -2.40. The van der Waals surface area contributed by atoms with E-state index in [0.717, 1.165) is 45.4 Å². The molecule has 0 heterocycles. The number of nitrogens with zero attached hydrogens (tertiary/aromatic N) is 1. The van der Waals surface area contributed by atoms with Gasteiger partial charge in [-0.25, -0.2) is 0 Å². The van der Waals surface area contributed by atoms with Crippen molar-refractivity contribution in [3.8, 4) is 0 Å². The van der Waals surface area contributed by atoms with Gasteiger partial charge in [-0.05, 0) is 112 Å². The highest BCUT2D eigenvalue weighted by Gasteiger charge is 2.09. The molecule has 0 aliphatic heterocycles. The van der Waals surface area contributed by atoms with E-state index in [2.05, 4.69) is 43.2 Å². The lowest BCUT2D eigenvalue weighted by molar-refractivity contribution is 0.252. The molecule has 10 N–H and O–H groups in total. The average molecular weight is 584 g/mol. The largest absolute Gasteiger partial charge is 0.328 e. The summed E-state index contributed by atoms with van der Waals surface area (Å²) < 4.78 is 0. The molecule has 7 heteroatoms. The highest BCUT2D eigenvalue weighted by atomic mass is 15.1. The molecule has 0 bridgehead atoms. The Hall–Kier alpha value is -0.280. The molecule has 0 aromatic rings. The molecule has 0 fully saturated rings. The smallest absolute Gasteiger partial charge is 0.0192 e. The van der Waals surface area contributed by atoms with Gasteiger partial charge in [-0.3, -0.25) is 0 Å². The third-order valence-corrected chi connectivity index (χ3v) is 8.25. The predicted molar refractivity (Wildman–Crippen MR) is 183 cm³/mol. The van der Waals surface area contributed by atoms with Crippen molar-refractivity contribution >= 4 is 0 Å². The van der Waals surface area contributed by atoms with Crippen molar-refractivity contribution in [3.63, 3.8) is 0 Å². The van der Waals surface area contributed by atoms with Gasteiger partial charge in [-0.1, -0.05) is 70.6 Å². The van der Waals surface area contributed by atoms with Crippen LogP contribution in [0.4, 0.5) is 0 Å². The number of rotatable bonds is 32. The van der Waals surface area contributed by atoms with Crippen LogP contribution in [0.5, 0.6) is 0 Å². The van der Waals surface area contributed by atoms with Crippen molar-refractivity contribution in [2.75, 3.05) is 39.3 Å². The van der Waals surface area contributed by atoms with Crippen molar-refractivity contribution in [2.24, 2.45) is 22.9 Å². The minimum atomic E-state index is 0.270. The fourth-order valence-electron chi connectivity index (χ4n) is 5.45. The lowest BCUT2D eigenvalue weighted by Gasteiger charge is -2.23. The molecule has 7 nitrogen and oxygen atoms in total. The minimum Gasteiger partial charge on any atom is -0.328 e. The van der Waals surface area contributed by atoms with E-state index >= 15 is 0 Å². The Kier molecular flexibility index (Phi) is 29.6. The summed E-state index contributed by atoms with van der Waals surface area (Å²) in [7, 11) is 0. The van der Waals surface area contributed by atoms with E-state index in [1.54, 1.807) is 0 Å².